The molecule has 0 aromatic heterocycles. The number of hydrogen-bond acceptors (Lipinski definition) is 5. The first kappa shape index (κ1) is 17.0. The number of carbonyl (C=O) groups excluding carboxylic acids is 2. The molecule has 0 unspecified atom stereocenters. The summed E-state index contributed by atoms with van der Waals surface area (Å²) in [5, 5.41) is 3.97. The molecule has 3 aliphatic rings. The van der Waals surface area contributed by atoms with E-state index in [-0.39, 0.29) is 29.4 Å². The summed E-state index contributed by atoms with van der Waals surface area (Å²) in [6, 6.07) is 4.57. The van der Waals surface area contributed by atoms with Crippen molar-refractivity contribution in [2.45, 2.75) is 13.0 Å². The Bertz CT molecular complexity index is 755. The smallest absolute Gasteiger partial charge is 0.272 e. The van der Waals surface area contributed by atoms with E-state index in [1.54, 1.807) is 28.9 Å². The molecule has 2 amide bonds. The minimum atomic E-state index is -0.536. The lowest BCUT2D eigenvalue weighted by atomic mass is 9.99. The SMILES string of the molecule is Cc1cccc(F)c1C(=O)N1C[C@@H]2C(C(=O)N3CCOCC3)=NO[C@@H]2C1. The molecule has 1 aromatic carbocycles. The van der Waals surface area contributed by atoms with Crippen LogP contribution in [0.4, 0.5) is 4.39 Å². The van der Waals surface area contributed by atoms with Gasteiger partial charge < -0.3 is 19.4 Å². The molecule has 26 heavy (non-hydrogen) atoms. The largest absolute Gasteiger partial charge is 0.389 e. The highest BCUT2D eigenvalue weighted by atomic mass is 19.1. The number of oxime groups is 1. The van der Waals surface area contributed by atoms with Crippen LogP contribution in [0, 0.1) is 18.7 Å². The second-order valence-electron chi connectivity index (χ2n) is 6.77. The van der Waals surface area contributed by atoms with E-state index in [0.717, 1.165) is 0 Å². The Labute approximate surface area is 150 Å². The van der Waals surface area contributed by atoms with Crippen LogP contribution in [0.15, 0.2) is 23.4 Å². The lowest BCUT2D eigenvalue weighted by Gasteiger charge is -2.27. The van der Waals surface area contributed by atoms with E-state index < -0.39 is 5.82 Å². The summed E-state index contributed by atoms with van der Waals surface area (Å²) in [6.45, 7) is 4.35. The zero-order valence-electron chi connectivity index (χ0n) is 14.5. The summed E-state index contributed by atoms with van der Waals surface area (Å²) in [7, 11) is 0. The van der Waals surface area contributed by atoms with E-state index >= 15 is 0 Å². The lowest BCUT2D eigenvalue weighted by Crippen LogP contribution is -2.46. The van der Waals surface area contributed by atoms with E-state index in [0.29, 0.717) is 50.7 Å². The molecule has 3 heterocycles. The third-order valence-electron chi connectivity index (χ3n) is 5.14. The second-order valence-corrected chi connectivity index (χ2v) is 6.77. The fourth-order valence-corrected chi connectivity index (χ4v) is 3.69. The zero-order valence-corrected chi connectivity index (χ0v) is 14.5. The fraction of sp³-hybridized carbons (Fsp3) is 0.500. The van der Waals surface area contributed by atoms with E-state index in [2.05, 4.69) is 5.16 Å². The Morgan fingerprint density at radius 3 is 2.65 bits per heavy atom. The molecule has 7 nitrogen and oxygen atoms in total. The molecular weight excluding hydrogens is 341 g/mol. The maximum absolute atomic E-state index is 14.1. The quantitative estimate of drug-likeness (QED) is 0.782. The van der Waals surface area contributed by atoms with Crippen LogP contribution < -0.4 is 0 Å². The first-order valence-corrected chi connectivity index (χ1v) is 8.71. The lowest BCUT2D eigenvalue weighted by molar-refractivity contribution is -0.128. The topological polar surface area (TPSA) is 71.4 Å². The molecule has 0 aliphatic carbocycles. The molecule has 3 aliphatic heterocycles. The molecule has 0 saturated carbocycles. The number of benzene rings is 1. The van der Waals surface area contributed by atoms with Gasteiger partial charge in [0.25, 0.3) is 11.8 Å². The van der Waals surface area contributed by atoms with Gasteiger partial charge in [-0.05, 0) is 18.6 Å². The maximum Gasteiger partial charge on any atom is 0.272 e. The Morgan fingerprint density at radius 1 is 1.15 bits per heavy atom. The van der Waals surface area contributed by atoms with Gasteiger partial charge in [0.05, 0.1) is 31.2 Å². The highest BCUT2D eigenvalue weighted by Crippen LogP contribution is 2.30. The molecule has 2 fully saturated rings. The van der Waals surface area contributed by atoms with Gasteiger partial charge in [0.1, 0.15) is 5.82 Å². The zero-order chi connectivity index (χ0) is 18.3. The predicted molar refractivity (Wildman–Crippen MR) is 90.2 cm³/mol. The molecule has 8 heteroatoms. The third-order valence-corrected chi connectivity index (χ3v) is 5.14. The van der Waals surface area contributed by atoms with E-state index in [1.807, 2.05) is 0 Å². The summed E-state index contributed by atoms with van der Waals surface area (Å²) < 4.78 is 19.4. The maximum atomic E-state index is 14.1. The number of rotatable bonds is 2. The van der Waals surface area contributed by atoms with Crippen LogP contribution in [0.25, 0.3) is 0 Å². The predicted octanol–water partition coefficient (Wildman–Crippen LogP) is 0.820. The average molecular weight is 361 g/mol. The third kappa shape index (κ3) is 2.84. The van der Waals surface area contributed by atoms with E-state index in [4.69, 9.17) is 9.57 Å². The number of carbonyl (C=O) groups is 2. The first-order chi connectivity index (χ1) is 12.6. The monoisotopic (exact) mass is 361 g/mol. The summed E-state index contributed by atoms with van der Waals surface area (Å²) in [5.74, 6) is -1.36. The first-order valence-electron chi connectivity index (χ1n) is 8.71. The van der Waals surface area contributed by atoms with Crippen molar-refractivity contribution in [3.8, 4) is 0 Å². The molecule has 4 rings (SSSR count). The Morgan fingerprint density at radius 2 is 1.92 bits per heavy atom. The van der Waals surface area contributed by atoms with Crippen LogP contribution in [-0.4, -0.2) is 72.8 Å². The van der Waals surface area contributed by atoms with Gasteiger partial charge in [-0.1, -0.05) is 17.3 Å². The van der Waals surface area contributed by atoms with Gasteiger partial charge in [-0.3, -0.25) is 9.59 Å². The number of morpholine rings is 1. The molecule has 138 valence electrons. The van der Waals surface area contributed by atoms with Crippen molar-refractivity contribution in [3.05, 3.63) is 35.1 Å². The van der Waals surface area contributed by atoms with Crippen LogP contribution >= 0.6 is 0 Å². The van der Waals surface area contributed by atoms with Crippen molar-refractivity contribution in [1.29, 1.82) is 0 Å². The summed E-state index contributed by atoms with van der Waals surface area (Å²) in [5.41, 5.74) is 1.01. The van der Waals surface area contributed by atoms with Gasteiger partial charge in [-0.2, -0.15) is 0 Å². The van der Waals surface area contributed by atoms with Crippen LogP contribution in [0.2, 0.25) is 0 Å². The molecule has 2 saturated heterocycles. The van der Waals surface area contributed by atoms with Crippen LogP contribution in [0.5, 0.6) is 0 Å². The highest BCUT2D eigenvalue weighted by Gasteiger charge is 2.47. The number of amides is 2. The molecule has 0 radical (unpaired) electrons. The minimum Gasteiger partial charge on any atom is -0.389 e. The van der Waals surface area contributed by atoms with Crippen molar-refractivity contribution in [2.75, 3.05) is 39.4 Å². The Hall–Kier alpha value is -2.48. The summed E-state index contributed by atoms with van der Waals surface area (Å²) >= 11 is 0. The van der Waals surface area contributed by atoms with Crippen molar-refractivity contribution < 1.29 is 23.6 Å². The second kappa shape index (κ2) is 6.68. The number of fused-ring (bicyclic) bond motifs is 1. The van der Waals surface area contributed by atoms with Crippen LogP contribution in [0.3, 0.4) is 0 Å². The van der Waals surface area contributed by atoms with Crippen LogP contribution in [0.1, 0.15) is 15.9 Å². The molecule has 0 bridgehead atoms. The number of ether oxygens (including phenoxy) is 1. The van der Waals surface area contributed by atoms with Crippen molar-refractivity contribution in [2.24, 2.45) is 11.1 Å². The average Bonchev–Trinajstić information content (AvgIpc) is 3.22. The summed E-state index contributed by atoms with van der Waals surface area (Å²) in [6.07, 6.45) is -0.356. The van der Waals surface area contributed by atoms with Crippen molar-refractivity contribution in [3.63, 3.8) is 0 Å². The normalized spacial score (nSPS) is 24.9. The highest BCUT2D eigenvalue weighted by molar-refractivity contribution is 6.40. The van der Waals surface area contributed by atoms with Crippen molar-refractivity contribution in [1.82, 2.24) is 9.80 Å². The molecule has 0 spiro atoms. The standard InChI is InChI=1S/C18H20FN3O4/c1-11-3-2-4-13(19)15(11)17(23)22-9-12-14(10-22)26-20-16(12)18(24)21-5-7-25-8-6-21/h2-4,12,14H,5-10H2,1H3/t12-,14+/m0/s1. The molecule has 0 N–H and O–H groups in total. The van der Waals surface area contributed by atoms with Gasteiger partial charge >= 0.3 is 0 Å². The number of aryl methyl sites for hydroxylation is 1. The number of hydrogen-bond donors (Lipinski definition) is 0. The molecule has 2 atom stereocenters. The minimum absolute atomic E-state index is 0.0745. The number of nitrogens with zero attached hydrogens (tertiary/aromatic N) is 3. The van der Waals surface area contributed by atoms with E-state index in [9.17, 15) is 14.0 Å². The van der Waals surface area contributed by atoms with Gasteiger partial charge in [-0.15, -0.1) is 0 Å². The number of halogens is 1. The van der Waals surface area contributed by atoms with Crippen molar-refractivity contribution >= 4 is 17.5 Å². The molecular formula is C18H20FN3O4. The molecule has 1 aromatic rings. The fourth-order valence-electron chi connectivity index (χ4n) is 3.69. The Kier molecular flexibility index (Phi) is 4.36. The Balaban J connectivity index is 1.49. The van der Waals surface area contributed by atoms with Gasteiger partial charge in [0.2, 0.25) is 0 Å². The van der Waals surface area contributed by atoms with Gasteiger partial charge in [0.15, 0.2) is 11.8 Å². The van der Waals surface area contributed by atoms with Gasteiger partial charge in [0, 0.05) is 19.6 Å². The van der Waals surface area contributed by atoms with Gasteiger partial charge in [-0.25, -0.2) is 4.39 Å². The van der Waals surface area contributed by atoms with Crippen LogP contribution in [-0.2, 0) is 14.4 Å². The van der Waals surface area contributed by atoms with E-state index in [1.165, 1.54) is 6.07 Å². The summed E-state index contributed by atoms with van der Waals surface area (Å²) in [4.78, 5) is 34.1. The number of likely N-dealkylation sites (tertiary alicyclic amines) is 1.